The topological polar surface area (TPSA) is 45.2 Å². The molecule has 1 aromatic heterocycles. The second-order valence-corrected chi connectivity index (χ2v) is 5.68. The van der Waals surface area contributed by atoms with E-state index in [1.54, 1.807) is 18.0 Å². The maximum absolute atomic E-state index is 12.3. The summed E-state index contributed by atoms with van der Waals surface area (Å²) >= 11 is 1.79. The molecule has 1 aromatic rings. The summed E-state index contributed by atoms with van der Waals surface area (Å²) < 4.78 is 0. The largest absolute Gasteiger partial charge is 0.333 e. The van der Waals surface area contributed by atoms with Gasteiger partial charge in [0.25, 0.3) is 0 Å². The van der Waals surface area contributed by atoms with Crippen LogP contribution < -0.4 is 5.32 Å². The molecule has 1 aliphatic heterocycles. The summed E-state index contributed by atoms with van der Waals surface area (Å²) in [4.78, 5) is 18.5. The summed E-state index contributed by atoms with van der Waals surface area (Å²) in [5, 5.41) is 3.36. The van der Waals surface area contributed by atoms with Gasteiger partial charge in [-0.2, -0.15) is 11.8 Å². The highest BCUT2D eigenvalue weighted by molar-refractivity contribution is 7.98. The van der Waals surface area contributed by atoms with Crippen LogP contribution in [0.1, 0.15) is 24.4 Å². The summed E-state index contributed by atoms with van der Waals surface area (Å²) in [5.41, 5.74) is 1.12. The first-order valence-corrected chi connectivity index (χ1v) is 8.11. The quantitative estimate of drug-likeness (QED) is 0.833. The van der Waals surface area contributed by atoms with E-state index < -0.39 is 0 Å². The third-order valence-electron chi connectivity index (χ3n) is 3.37. The lowest BCUT2D eigenvalue weighted by Gasteiger charge is -2.36. The van der Waals surface area contributed by atoms with Gasteiger partial charge in [0.2, 0.25) is 5.91 Å². The lowest BCUT2D eigenvalue weighted by atomic mass is 10.0. The molecule has 2 rings (SSSR count). The molecule has 1 amide bonds. The molecule has 0 aliphatic carbocycles. The summed E-state index contributed by atoms with van der Waals surface area (Å²) in [5.74, 6) is 1.32. The molecule has 1 fully saturated rings. The van der Waals surface area contributed by atoms with Crippen LogP contribution in [-0.4, -0.2) is 47.4 Å². The number of nitrogens with one attached hydrogen (secondary N) is 1. The molecule has 0 bridgehead atoms. The van der Waals surface area contributed by atoms with Gasteiger partial charge in [0.1, 0.15) is 0 Å². The van der Waals surface area contributed by atoms with Gasteiger partial charge in [-0.25, -0.2) is 0 Å². The number of piperazine rings is 1. The highest BCUT2D eigenvalue weighted by Crippen LogP contribution is 2.22. The summed E-state index contributed by atoms with van der Waals surface area (Å²) in [7, 11) is 0. The molecule has 1 unspecified atom stereocenters. The molecule has 1 saturated heterocycles. The van der Waals surface area contributed by atoms with Gasteiger partial charge in [-0.1, -0.05) is 6.07 Å². The Bertz CT molecular complexity index is 399. The first-order chi connectivity index (χ1) is 9.33. The minimum atomic E-state index is 0.129. The summed E-state index contributed by atoms with van der Waals surface area (Å²) in [6, 6.07) is 4.11. The lowest BCUT2D eigenvalue weighted by molar-refractivity contribution is -0.134. The molecular formula is C14H21N3OS. The SMILES string of the molecule is CSCCCC(=O)N1CCNCC1c1cccnc1. The first kappa shape index (κ1) is 14.3. The maximum Gasteiger partial charge on any atom is 0.223 e. The van der Waals surface area contributed by atoms with Gasteiger partial charge in [0, 0.05) is 38.4 Å². The highest BCUT2D eigenvalue weighted by atomic mass is 32.2. The zero-order valence-electron chi connectivity index (χ0n) is 11.3. The van der Waals surface area contributed by atoms with Gasteiger partial charge >= 0.3 is 0 Å². The van der Waals surface area contributed by atoms with Crippen LogP contribution >= 0.6 is 11.8 Å². The molecule has 0 aromatic carbocycles. The van der Waals surface area contributed by atoms with Gasteiger partial charge in [-0.15, -0.1) is 0 Å². The molecule has 2 heterocycles. The van der Waals surface area contributed by atoms with Crippen molar-refractivity contribution in [3.05, 3.63) is 30.1 Å². The Kier molecular flexibility index (Phi) is 5.66. The molecular weight excluding hydrogens is 258 g/mol. The van der Waals surface area contributed by atoms with Crippen molar-refractivity contribution in [1.29, 1.82) is 0 Å². The molecule has 104 valence electrons. The van der Waals surface area contributed by atoms with Crippen LogP contribution in [0.25, 0.3) is 0 Å². The van der Waals surface area contributed by atoms with Gasteiger partial charge in [0.15, 0.2) is 0 Å². The van der Waals surface area contributed by atoms with Crippen LogP contribution in [0.2, 0.25) is 0 Å². The number of nitrogens with zero attached hydrogens (tertiary/aromatic N) is 2. The fourth-order valence-corrected chi connectivity index (χ4v) is 2.82. The van der Waals surface area contributed by atoms with Crippen LogP contribution in [0.5, 0.6) is 0 Å². The van der Waals surface area contributed by atoms with Crippen molar-refractivity contribution in [2.45, 2.75) is 18.9 Å². The minimum Gasteiger partial charge on any atom is -0.333 e. The Labute approximate surface area is 119 Å². The van der Waals surface area contributed by atoms with E-state index in [1.807, 2.05) is 23.2 Å². The summed E-state index contributed by atoms with van der Waals surface area (Å²) in [6.07, 6.45) is 7.32. The molecule has 1 N–H and O–H groups in total. The second kappa shape index (κ2) is 7.50. The van der Waals surface area contributed by atoms with Crippen LogP contribution in [0.4, 0.5) is 0 Å². The summed E-state index contributed by atoms with van der Waals surface area (Å²) in [6.45, 7) is 2.49. The van der Waals surface area contributed by atoms with Crippen LogP contribution in [0.15, 0.2) is 24.5 Å². The number of hydrogen-bond acceptors (Lipinski definition) is 4. The van der Waals surface area contributed by atoms with Gasteiger partial charge in [-0.05, 0) is 30.1 Å². The maximum atomic E-state index is 12.3. The number of carbonyl (C=O) groups is 1. The zero-order valence-corrected chi connectivity index (χ0v) is 12.2. The van der Waals surface area contributed by atoms with E-state index in [0.29, 0.717) is 6.42 Å². The molecule has 1 atom stereocenters. The minimum absolute atomic E-state index is 0.129. The van der Waals surface area contributed by atoms with Crippen LogP contribution in [0.3, 0.4) is 0 Å². The molecule has 5 heteroatoms. The average molecular weight is 279 g/mol. The number of thioether (sulfide) groups is 1. The van der Waals surface area contributed by atoms with Crippen molar-refractivity contribution >= 4 is 17.7 Å². The molecule has 1 aliphatic rings. The van der Waals surface area contributed by atoms with E-state index in [9.17, 15) is 4.79 Å². The van der Waals surface area contributed by atoms with Gasteiger partial charge < -0.3 is 10.2 Å². The van der Waals surface area contributed by atoms with E-state index in [2.05, 4.69) is 16.6 Å². The Morgan fingerprint density at radius 1 is 1.63 bits per heavy atom. The van der Waals surface area contributed by atoms with E-state index in [-0.39, 0.29) is 11.9 Å². The monoisotopic (exact) mass is 279 g/mol. The van der Waals surface area contributed by atoms with Crippen molar-refractivity contribution in [2.24, 2.45) is 0 Å². The molecule has 0 radical (unpaired) electrons. The number of carbonyl (C=O) groups excluding carboxylic acids is 1. The van der Waals surface area contributed by atoms with E-state index in [0.717, 1.165) is 37.4 Å². The van der Waals surface area contributed by atoms with Gasteiger partial charge in [0.05, 0.1) is 6.04 Å². The van der Waals surface area contributed by atoms with Crippen molar-refractivity contribution < 1.29 is 4.79 Å². The standard InChI is InChI=1S/C14H21N3OS/c1-19-9-3-5-14(18)17-8-7-16-11-13(17)12-4-2-6-15-10-12/h2,4,6,10,13,16H,3,5,7-9,11H2,1H3. The van der Waals surface area contributed by atoms with Crippen LogP contribution in [0, 0.1) is 0 Å². The van der Waals surface area contributed by atoms with E-state index >= 15 is 0 Å². The molecule has 0 spiro atoms. The Morgan fingerprint density at radius 3 is 3.26 bits per heavy atom. The predicted molar refractivity (Wildman–Crippen MR) is 79.2 cm³/mol. The van der Waals surface area contributed by atoms with Crippen molar-refractivity contribution in [2.75, 3.05) is 31.6 Å². The molecule has 4 nitrogen and oxygen atoms in total. The van der Waals surface area contributed by atoms with E-state index in [1.165, 1.54) is 0 Å². The van der Waals surface area contributed by atoms with Crippen molar-refractivity contribution in [1.82, 2.24) is 15.2 Å². The Balaban J connectivity index is 2.01. The van der Waals surface area contributed by atoms with Crippen molar-refractivity contribution in [3.63, 3.8) is 0 Å². The average Bonchev–Trinajstić information content (AvgIpc) is 2.48. The number of aromatic nitrogens is 1. The predicted octanol–water partition coefficient (Wildman–Crippen LogP) is 1.70. The van der Waals surface area contributed by atoms with Crippen LogP contribution in [-0.2, 0) is 4.79 Å². The molecule has 0 saturated carbocycles. The van der Waals surface area contributed by atoms with Crippen molar-refractivity contribution in [3.8, 4) is 0 Å². The third kappa shape index (κ3) is 3.94. The Hall–Kier alpha value is -1.07. The Morgan fingerprint density at radius 2 is 2.53 bits per heavy atom. The molecule has 19 heavy (non-hydrogen) atoms. The number of pyridine rings is 1. The second-order valence-electron chi connectivity index (χ2n) is 4.69. The normalized spacial score (nSPS) is 19.4. The number of rotatable bonds is 5. The fourth-order valence-electron chi connectivity index (χ4n) is 2.39. The zero-order chi connectivity index (χ0) is 13.5. The third-order valence-corrected chi connectivity index (χ3v) is 4.07. The number of hydrogen-bond donors (Lipinski definition) is 1. The van der Waals surface area contributed by atoms with Gasteiger partial charge in [-0.3, -0.25) is 9.78 Å². The first-order valence-electron chi connectivity index (χ1n) is 6.72. The number of amides is 1. The highest BCUT2D eigenvalue weighted by Gasteiger charge is 2.27. The lowest BCUT2D eigenvalue weighted by Crippen LogP contribution is -2.48. The van der Waals surface area contributed by atoms with E-state index in [4.69, 9.17) is 0 Å². The fraction of sp³-hybridized carbons (Fsp3) is 0.571. The smallest absolute Gasteiger partial charge is 0.223 e.